The van der Waals surface area contributed by atoms with Gasteiger partial charge < -0.3 is 5.11 Å². The van der Waals surface area contributed by atoms with Crippen molar-refractivity contribution in [3.63, 3.8) is 0 Å². The highest BCUT2D eigenvalue weighted by atomic mass is 16.6. The Morgan fingerprint density at radius 1 is 0.970 bits per heavy atom. The van der Waals surface area contributed by atoms with Gasteiger partial charge in [0.15, 0.2) is 0 Å². The third-order valence-electron chi connectivity index (χ3n) is 7.68. The molecule has 1 heterocycles. The van der Waals surface area contributed by atoms with Crippen molar-refractivity contribution in [3.8, 4) is 0 Å². The zero-order valence-corrected chi connectivity index (χ0v) is 17.8. The van der Waals surface area contributed by atoms with Gasteiger partial charge in [0.2, 0.25) is 11.8 Å². The van der Waals surface area contributed by atoms with E-state index in [0.29, 0.717) is 11.3 Å². The van der Waals surface area contributed by atoms with E-state index >= 15 is 0 Å². The molecule has 3 aromatic carbocycles. The number of hydrogen-bond donors (Lipinski definition) is 1. The van der Waals surface area contributed by atoms with Crippen LogP contribution in [0.3, 0.4) is 0 Å². The Morgan fingerprint density at radius 2 is 1.58 bits per heavy atom. The highest BCUT2D eigenvalue weighted by Crippen LogP contribution is 2.64. The van der Waals surface area contributed by atoms with Crippen LogP contribution >= 0.6 is 0 Å². The van der Waals surface area contributed by atoms with Crippen LogP contribution < -0.4 is 4.90 Å². The Balaban J connectivity index is 1.59. The SMILES string of the molecule is Cc1cc([N+](=O)[O-])ccc1N1C(=O)[C@H]2C3c4ccccc4C(CO)(c4ccccc43)[C@H]2C1=O. The van der Waals surface area contributed by atoms with E-state index in [4.69, 9.17) is 0 Å². The lowest BCUT2D eigenvalue weighted by Gasteiger charge is -2.53. The number of nitrogens with zero attached hydrogens (tertiary/aromatic N) is 2. The lowest BCUT2D eigenvalue weighted by atomic mass is 9.47. The van der Waals surface area contributed by atoms with Gasteiger partial charge in [-0.25, -0.2) is 4.90 Å². The summed E-state index contributed by atoms with van der Waals surface area (Å²) in [5.41, 5.74) is 3.42. The summed E-state index contributed by atoms with van der Waals surface area (Å²) in [6.45, 7) is 1.35. The summed E-state index contributed by atoms with van der Waals surface area (Å²) >= 11 is 0. The second kappa shape index (κ2) is 6.59. The monoisotopic (exact) mass is 440 g/mol. The molecule has 7 heteroatoms. The number of aliphatic hydroxyl groups is 1. The van der Waals surface area contributed by atoms with Crippen molar-refractivity contribution in [1.82, 2.24) is 0 Å². The molecule has 33 heavy (non-hydrogen) atoms. The molecule has 164 valence electrons. The molecule has 1 N–H and O–H groups in total. The van der Waals surface area contributed by atoms with E-state index in [-0.39, 0.29) is 30.0 Å². The maximum absolute atomic E-state index is 14.0. The molecule has 3 aliphatic carbocycles. The van der Waals surface area contributed by atoms with Gasteiger partial charge in [0, 0.05) is 18.1 Å². The number of amides is 2. The van der Waals surface area contributed by atoms with Gasteiger partial charge in [0.25, 0.3) is 5.69 Å². The predicted molar refractivity (Wildman–Crippen MR) is 120 cm³/mol. The molecule has 7 rings (SSSR count). The number of rotatable bonds is 3. The number of nitro benzene ring substituents is 1. The van der Waals surface area contributed by atoms with Crippen molar-refractivity contribution in [2.24, 2.45) is 11.8 Å². The molecule has 0 saturated carbocycles. The zero-order valence-electron chi connectivity index (χ0n) is 17.8. The van der Waals surface area contributed by atoms with Crippen LogP contribution in [0.15, 0.2) is 66.7 Å². The number of aliphatic hydroxyl groups excluding tert-OH is 1. The lowest BCUT2D eigenvalue weighted by Crippen LogP contribution is -2.55. The Labute approximate surface area is 189 Å². The van der Waals surface area contributed by atoms with Crippen LogP contribution in [-0.4, -0.2) is 28.5 Å². The zero-order chi connectivity index (χ0) is 23.1. The third kappa shape index (κ3) is 2.27. The van der Waals surface area contributed by atoms with Crippen LogP contribution in [-0.2, 0) is 15.0 Å². The van der Waals surface area contributed by atoms with E-state index in [1.54, 1.807) is 6.92 Å². The number of anilines is 1. The van der Waals surface area contributed by atoms with Gasteiger partial charge >= 0.3 is 0 Å². The third-order valence-corrected chi connectivity index (χ3v) is 7.68. The fourth-order valence-electron chi connectivity index (χ4n) is 6.44. The molecule has 7 nitrogen and oxygen atoms in total. The Hall–Kier alpha value is -3.84. The Kier molecular flexibility index (Phi) is 3.95. The number of carbonyl (C=O) groups excluding carboxylic acids is 2. The van der Waals surface area contributed by atoms with Gasteiger partial charge in [-0.2, -0.15) is 0 Å². The maximum atomic E-state index is 14.0. The van der Waals surface area contributed by atoms with E-state index in [9.17, 15) is 24.8 Å². The molecule has 1 fully saturated rings. The second-order valence-corrected chi connectivity index (χ2v) is 9.02. The first-order valence-corrected chi connectivity index (χ1v) is 10.8. The first-order chi connectivity index (χ1) is 15.9. The molecule has 0 unspecified atom stereocenters. The topological polar surface area (TPSA) is 101 Å². The number of non-ortho nitro benzene ring substituents is 1. The normalized spacial score (nSPS) is 26.7. The van der Waals surface area contributed by atoms with Crippen LogP contribution in [0.1, 0.15) is 33.7 Å². The summed E-state index contributed by atoms with van der Waals surface area (Å²) in [4.78, 5) is 39.7. The van der Waals surface area contributed by atoms with Gasteiger partial charge in [-0.1, -0.05) is 48.5 Å². The molecular weight excluding hydrogens is 420 g/mol. The predicted octanol–water partition coefficient (Wildman–Crippen LogP) is 3.45. The average Bonchev–Trinajstić information content (AvgIpc) is 3.10. The molecule has 0 radical (unpaired) electrons. The largest absolute Gasteiger partial charge is 0.395 e. The smallest absolute Gasteiger partial charge is 0.269 e. The quantitative estimate of drug-likeness (QED) is 0.382. The fourth-order valence-corrected chi connectivity index (χ4v) is 6.44. The molecule has 2 bridgehead atoms. The summed E-state index contributed by atoms with van der Waals surface area (Å²) in [5, 5.41) is 22.0. The van der Waals surface area contributed by atoms with Gasteiger partial charge in [0.1, 0.15) is 0 Å². The standard InChI is InChI=1S/C26H20N2O5/c1-14-12-15(28(32)33)10-11-20(14)27-24(30)22-21-16-6-2-4-8-18(16)26(13-29,23(22)25(27)31)19-9-5-3-7-17(19)21/h2-12,21-23,29H,13H2,1H3/t21?,22-,23+,26?/m0/s1. The minimum absolute atomic E-state index is 0.0977. The van der Waals surface area contributed by atoms with E-state index in [0.717, 1.165) is 22.3 Å². The van der Waals surface area contributed by atoms with Gasteiger partial charge in [-0.05, 0) is 40.8 Å². The van der Waals surface area contributed by atoms with E-state index in [1.807, 2.05) is 48.5 Å². The van der Waals surface area contributed by atoms with E-state index in [1.165, 1.54) is 23.1 Å². The van der Waals surface area contributed by atoms with Crippen LogP contribution in [0, 0.1) is 28.9 Å². The minimum atomic E-state index is -1.03. The van der Waals surface area contributed by atoms with Crippen molar-refractivity contribution in [3.05, 3.63) is 105 Å². The molecule has 1 aliphatic heterocycles. The van der Waals surface area contributed by atoms with Crippen LogP contribution in [0.5, 0.6) is 0 Å². The highest BCUT2D eigenvalue weighted by Gasteiger charge is 2.68. The number of aryl methyl sites for hydroxylation is 1. The number of nitro groups is 1. The summed E-state index contributed by atoms with van der Waals surface area (Å²) in [5.74, 6) is -2.39. The number of benzene rings is 3. The average molecular weight is 440 g/mol. The van der Waals surface area contributed by atoms with Crippen molar-refractivity contribution in [1.29, 1.82) is 0 Å². The second-order valence-electron chi connectivity index (χ2n) is 9.02. The van der Waals surface area contributed by atoms with Gasteiger partial charge in [0.05, 0.1) is 34.5 Å². The summed E-state index contributed by atoms with van der Waals surface area (Å²) < 4.78 is 0. The Morgan fingerprint density at radius 3 is 2.12 bits per heavy atom. The molecule has 3 aromatic rings. The van der Waals surface area contributed by atoms with Crippen LogP contribution in [0.25, 0.3) is 0 Å². The van der Waals surface area contributed by atoms with Crippen molar-refractivity contribution >= 4 is 23.2 Å². The van der Waals surface area contributed by atoms with E-state index < -0.39 is 22.2 Å². The van der Waals surface area contributed by atoms with Crippen molar-refractivity contribution in [2.75, 3.05) is 11.5 Å². The summed E-state index contributed by atoms with van der Waals surface area (Å²) in [6, 6.07) is 19.6. The molecule has 0 spiro atoms. The maximum Gasteiger partial charge on any atom is 0.269 e. The molecule has 2 amide bonds. The number of hydrogen-bond acceptors (Lipinski definition) is 5. The number of imide groups is 1. The lowest BCUT2D eigenvalue weighted by molar-refractivity contribution is -0.384. The van der Waals surface area contributed by atoms with Gasteiger partial charge in [-0.3, -0.25) is 19.7 Å². The minimum Gasteiger partial charge on any atom is -0.395 e. The van der Waals surface area contributed by atoms with Crippen LogP contribution in [0.2, 0.25) is 0 Å². The van der Waals surface area contributed by atoms with Crippen molar-refractivity contribution < 1.29 is 19.6 Å². The molecule has 2 atom stereocenters. The number of carbonyl (C=O) groups is 2. The molecule has 4 aliphatic rings. The Bertz CT molecular complexity index is 1330. The van der Waals surface area contributed by atoms with Crippen molar-refractivity contribution in [2.45, 2.75) is 18.3 Å². The molecular formula is C26H20N2O5. The van der Waals surface area contributed by atoms with Gasteiger partial charge in [-0.15, -0.1) is 0 Å². The molecule has 0 aromatic heterocycles. The van der Waals surface area contributed by atoms with E-state index in [2.05, 4.69) is 0 Å². The molecule has 1 saturated heterocycles. The fraction of sp³-hybridized carbons (Fsp3) is 0.231. The first kappa shape index (κ1) is 19.8. The summed E-state index contributed by atoms with van der Waals surface area (Å²) in [6.07, 6.45) is 0. The summed E-state index contributed by atoms with van der Waals surface area (Å²) in [7, 11) is 0. The first-order valence-electron chi connectivity index (χ1n) is 10.8. The highest BCUT2D eigenvalue weighted by molar-refractivity contribution is 6.24. The van der Waals surface area contributed by atoms with Crippen LogP contribution in [0.4, 0.5) is 11.4 Å².